The molecule has 1 unspecified atom stereocenters. The van der Waals surface area contributed by atoms with Gasteiger partial charge in [0.1, 0.15) is 5.82 Å². The topological polar surface area (TPSA) is 41.6 Å². The molecular weight excluding hydrogens is 234 g/mol. The van der Waals surface area contributed by atoms with Crippen molar-refractivity contribution in [1.29, 1.82) is 5.26 Å². The number of fused-ring (bicyclic) bond motifs is 1. The maximum Gasteiger partial charge on any atom is 0.113 e. The molecule has 0 bridgehead atoms. The highest BCUT2D eigenvalue weighted by Crippen LogP contribution is 2.43. The van der Waals surface area contributed by atoms with Crippen LogP contribution in [-0.2, 0) is 0 Å². The van der Waals surface area contributed by atoms with Crippen LogP contribution in [0.25, 0.3) is 11.0 Å². The van der Waals surface area contributed by atoms with Gasteiger partial charge in [-0.2, -0.15) is 5.26 Å². The van der Waals surface area contributed by atoms with Crippen molar-refractivity contribution in [3.05, 3.63) is 29.6 Å². The first-order valence-electron chi connectivity index (χ1n) is 7.03. The van der Waals surface area contributed by atoms with Crippen LogP contribution < -0.4 is 0 Å². The van der Waals surface area contributed by atoms with Gasteiger partial charge in [0.25, 0.3) is 0 Å². The second-order valence-corrected chi connectivity index (χ2v) is 5.88. The highest BCUT2D eigenvalue weighted by Gasteiger charge is 2.32. The molecule has 1 aliphatic carbocycles. The first-order valence-corrected chi connectivity index (χ1v) is 7.03. The highest BCUT2D eigenvalue weighted by molar-refractivity contribution is 5.78. The molecule has 1 saturated carbocycles. The standard InChI is InChI=1S/C16H19N3/c1-10(2)19-15-7-4-12(9-17)8-14(15)18-16(19)11(3)13-5-6-13/h4,7-8,10-11,13H,5-6H2,1-3H3. The van der Waals surface area contributed by atoms with E-state index in [2.05, 4.69) is 31.4 Å². The minimum Gasteiger partial charge on any atom is -0.325 e. The number of rotatable bonds is 3. The fourth-order valence-electron chi connectivity index (χ4n) is 2.86. The fraction of sp³-hybridized carbons (Fsp3) is 0.500. The third-order valence-electron chi connectivity index (χ3n) is 4.10. The molecule has 0 spiro atoms. The van der Waals surface area contributed by atoms with Gasteiger partial charge in [-0.15, -0.1) is 0 Å². The average Bonchev–Trinajstić information content (AvgIpc) is 3.16. The highest BCUT2D eigenvalue weighted by atomic mass is 15.1. The predicted molar refractivity (Wildman–Crippen MR) is 76.0 cm³/mol. The first-order chi connectivity index (χ1) is 9.11. The largest absolute Gasteiger partial charge is 0.325 e. The number of nitriles is 1. The van der Waals surface area contributed by atoms with Gasteiger partial charge >= 0.3 is 0 Å². The third-order valence-corrected chi connectivity index (χ3v) is 4.10. The van der Waals surface area contributed by atoms with Crippen LogP contribution in [0.2, 0.25) is 0 Å². The molecule has 1 heterocycles. The molecule has 19 heavy (non-hydrogen) atoms. The molecule has 1 aromatic carbocycles. The van der Waals surface area contributed by atoms with Crippen LogP contribution in [-0.4, -0.2) is 9.55 Å². The lowest BCUT2D eigenvalue weighted by Crippen LogP contribution is -2.10. The number of hydrogen-bond acceptors (Lipinski definition) is 2. The Hall–Kier alpha value is -1.82. The normalized spacial score (nSPS) is 16.8. The third kappa shape index (κ3) is 2.02. The van der Waals surface area contributed by atoms with Crippen molar-refractivity contribution in [1.82, 2.24) is 9.55 Å². The lowest BCUT2D eigenvalue weighted by molar-refractivity contribution is 0.525. The van der Waals surface area contributed by atoms with E-state index in [9.17, 15) is 0 Å². The van der Waals surface area contributed by atoms with Crippen molar-refractivity contribution in [2.24, 2.45) is 5.92 Å². The van der Waals surface area contributed by atoms with E-state index >= 15 is 0 Å². The second kappa shape index (κ2) is 4.38. The first kappa shape index (κ1) is 12.2. The molecule has 98 valence electrons. The molecule has 3 rings (SSSR count). The molecule has 1 aliphatic rings. The van der Waals surface area contributed by atoms with Gasteiger partial charge in [-0.1, -0.05) is 6.92 Å². The summed E-state index contributed by atoms with van der Waals surface area (Å²) in [5.74, 6) is 2.49. The number of benzene rings is 1. The number of hydrogen-bond donors (Lipinski definition) is 0. The van der Waals surface area contributed by atoms with Gasteiger partial charge in [0.2, 0.25) is 0 Å². The summed E-state index contributed by atoms with van der Waals surface area (Å²) in [4.78, 5) is 4.82. The van der Waals surface area contributed by atoms with Crippen molar-refractivity contribution in [3.63, 3.8) is 0 Å². The summed E-state index contributed by atoms with van der Waals surface area (Å²) in [5.41, 5.74) is 2.79. The van der Waals surface area contributed by atoms with Crippen molar-refractivity contribution >= 4 is 11.0 Å². The van der Waals surface area contributed by atoms with E-state index in [1.54, 1.807) is 0 Å². The fourth-order valence-corrected chi connectivity index (χ4v) is 2.86. The van der Waals surface area contributed by atoms with Gasteiger partial charge in [0.05, 0.1) is 22.7 Å². The summed E-state index contributed by atoms with van der Waals surface area (Å²) in [6.45, 7) is 6.67. The molecular formula is C16H19N3. The van der Waals surface area contributed by atoms with Crippen LogP contribution in [0.4, 0.5) is 0 Å². The predicted octanol–water partition coefficient (Wildman–Crippen LogP) is 4.00. The zero-order valence-corrected chi connectivity index (χ0v) is 11.7. The summed E-state index contributed by atoms with van der Waals surface area (Å²) in [7, 11) is 0. The lowest BCUT2D eigenvalue weighted by Gasteiger charge is -2.17. The average molecular weight is 253 g/mol. The minimum absolute atomic E-state index is 0.397. The number of imidazole rings is 1. The van der Waals surface area contributed by atoms with Gasteiger partial charge in [-0.05, 0) is 50.8 Å². The maximum atomic E-state index is 9.01. The van der Waals surface area contributed by atoms with Gasteiger partial charge in [0.15, 0.2) is 0 Å². The van der Waals surface area contributed by atoms with Crippen LogP contribution >= 0.6 is 0 Å². The van der Waals surface area contributed by atoms with Crippen LogP contribution in [0.5, 0.6) is 0 Å². The Morgan fingerprint density at radius 1 is 1.32 bits per heavy atom. The van der Waals surface area contributed by atoms with E-state index in [1.165, 1.54) is 18.7 Å². The van der Waals surface area contributed by atoms with E-state index in [0.29, 0.717) is 17.5 Å². The lowest BCUT2D eigenvalue weighted by atomic mass is 10.1. The summed E-state index contributed by atoms with van der Waals surface area (Å²) in [6.07, 6.45) is 2.65. The minimum atomic E-state index is 0.397. The van der Waals surface area contributed by atoms with Crippen LogP contribution in [0, 0.1) is 17.2 Å². The van der Waals surface area contributed by atoms with Crippen LogP contribution in [0.15, 0.2) is 18.2 Å². The van der Waals surface area contributed by atoms with Crippen LogP contribution in [0.1, 0.15) is 57.0 Å². The molecule has 1 fully saturated rings. The molecule has 3 nitrogen and oxygen atoms in total. The van der Waals surface area contributed by atoms with E-state index in [0.717, 1.165) is 17.0 Å². The Balaban J connectivity index is 2.19. The summed E-state index contributed by atoms with van der Waals surface area (Å²) >= 11 is 0. The van der Waals surface area contributed by atoms with E-state index < -0.39 is 0 Å². The summed E-state index contributed by atoms with van der Waals surface area (Å²) in [5, 5.41) is 9.01. The monoisotopic (exact) mass is 253 g/mol. The van der Waals surface area contributed by atoms with Gasteiger partial charge < -0.3 is 4.57 Å². The molecule has 1 atom stereocenters. The van der Waals surface area contributed by atoms with E-state index in [4.69, 9.17) is 10.2 Å². The van der Waals surface area contributed by atoms with Crippen molar-refractivity contribution in [2.45, 2.75) is 45.6 Å². The summed E-state index contributed by atoms with van der Waals surface area (Å²) in [6, 6.07) is 8.40. The van der Waals surface area contributed by atoms with E-state index in [1.807, 2.05) is 18.2 Å². The van der Waals surface area contributed by atoms with Crippen molar-refractivity contribution < 1.29 is 0 Å². The Labute approximate surface area is 113 Å². The van der Waals surface area contributed by atoms with Crippen LogP contribution in [0.3, 0.4) is 0 Å². The molecule has 0 saturated heterocycles. The number of nitrogens with zero attached hydrogens (tertiary/aromatic N) is 3. The van der Waals surface area contributed by atoms with Crippen molar-refractivity contribution in [3.8, 4) is 6.07 Å². The summed E-state index contributed by atoms with van der Waals surface area (Å²) < 4.78 is 2.33. The Morgan fingerprint density at radius 3 is 2.63 bits per heavy atom. The molecule has 0 amide bonds. The van der Waals surface area contributed by atoms with Gasteiger partial charge in [-0.3, -0.25) is 0 Å². The zero-order valence-electron chi connectivity index (χ0n) is 11.7. The SMILES string of the molecule is CC(c1nc2cc(C#N)ccc2n1C(C)C)C1CC1. The molecule has 0 radical (unpaired) electrons. The smallest absolute Gasteiger partial charge is 0.113 e. The molecule has 0 N–H and O–H groups in total. The second-order valence-electron chi connectivity index (χ2n) is 5.88. The Bertz CT molecular complexity index is 656. The van der Waals surface area contributed by atoms with Gasteiger partial charge in [0, 0.05) is 12.0 Å². The zero-order chi connectivity index (χ0) is 13.6. The molecule has 2 aromatic rings. The number of aromatic nitrogens is 2. The molecule has 3 heteroatoms. The Morgan fingerprint density at radius 2 is 2.05 bits per heavy atom. The molecule has 0 aliphatic heterocycles. The Kier molecular flexibility index (Phi) is 2.82. The van der Waals surface area contributed by atoms with Crippen molar-refractivity contribution in [2.75, 3.05) is 0 Å². The maximum absolute atomic E-state index is 9.01. The van der Waals surface area contributed by atoms with Gasteiger partial charge in [-0.25, -0.2) is 4.98 Å². The van der Waals surface area contributed by atoms with E-state index in [-0.39, 0.29) is 0 Å². The molecule has 1 aromatic heterocycles. The quantitative estimate of drug-likeness (QED) is 0.829.